The summed E-state index contributed by atoms with van der Waals surface area (Å²) in [5, 5.41) is 6.20. The summed E-state index contributed by atoms with van der Waals surface area (Å²) in [5.74, 6) is -0.560. The Morgan fingerprint density at radius 3 is 2.53 bits per heavy atom. The molecule has 0 saturated heterocycles. The van der Waals surface area contributed by atoms with Gasteiger partial charge in [0.15, 0.2) is 0 Å². The molecule has 3 aromatic rings. The predicted molar refractivity (Wildman–Crippen MR) is 123 cm³/mol. The summed E-state index contributed by atoms with van der Waals surface area (Å²) in [4.78, 5) is 13.4. The largest absolute Gasteiger partial charge is 0.272 e. The molecule has 0 unspecified atom stereocenters. The van der Waals surface area contributed by atoms with Crippen LogP contribution in [0.4, 0.5) is 0 Å². The molecule has 1 heterocycles. The summed E-state index contributed by atoms with van der Waals surface area (Å²) in [7, 11) is -3.95. The van der Waals surface area contributed by atoms with Gasteiger partial charge in [-0.05, 0) is 47.3 Å². The second-order valence-corrected chi connectivity index (χ2v) is 10.4. The third kappa shape index (κ3) is 5.99. The van der Waals surface area contributed by atoms with Crippen molar-refractivity contribution in [3.63, 3.8) is 0 Å². The van der Waals surface area contributed by atoms with Crippen molar-refractivity contribution in [1.29, 1.82) is 0 Å². The molecule has 0 saturated carbocycles. The van der Waals surface area contributed by atoms with Crippen LogP contribution in [-0.4, -0.2) is 31.4 Å². The van der Waals surface area contributed by atoms with Gasteiger partial charge in [-0.3, -0.25) is 4.79 Å². The molecular weight excluding hydrogens is 510 g/mol. The first kappa shape index (κ1) is 22.6. The van der Waals surface area contributed by atoms with Crippen LogP contribution in [-0.2, 0) is 21.4 Å². The van der Waals surface area contributed by atoms with Crippen molar-refractivity contribution >= 4 is 61.0 Å². The van der Waals surface area contributed by atoms with Gasteiger partial charge in [-0.25, -0.2) is 13.8 Å². The zero-order valence-corrected chi connectivity index (χ0v) is 19.5. The molecule has 2 aromatic carbocycles. The first-order valence-electron chi connectivity index (χ1n) is 8.71. The second kappa shape index (κ2) is 10.3. The van der Waals surface area contributed by atoms with Crippen LogP contribution in [0.3, 0.4) is 0 Å². The second-order valence-electron chi connectivity index (χ2n) is 6.13. The number of carbonyl (C=O) groups excluding carboxylic acids is 1. The smallest absolute Gasteiger partial charge is 0.255 e. The van der Waals surface area contributed by atoms with Gasteiger partial charge in [-0.2, -0.15) is 9.41 Å². The number of carbonyl (C=O) groups is 1. The highest BCUT2D eigenvalue weighted by atomic mass is 79.9. The van der Waals surface area contributed by atoms with E-state index in [0.717, 1.165) is 13.7 Å². The van der Waals surface area contributed by atoms with Gasteiger partial charge in [0.2, 0.25) is 10.0 Å². The molecule has 0 fully saturated rings. The number of hydrogen-bond acceptors (Lipinski definition) is 5. The zero-order valence-electron chi connectivity index (χ0n) is 15.5. The number of sulfonamides is 1. The first-order valence-corrected chi connectivity index (χ1v) is 12.2. The standard InChI is InChI=1S/C20H17BrClN3O3S2/c21-16-7-9-18(10-8-16)30(27,28)25(13-15-4-1-2-6-19(15)22)14-20(26)24-23-12-17-5-3-11-29-17/h1-12H,13-14H2,(H,24,26)/b23-12+. The fourth-order valence-electron chi connectivity index (χ4n) is 2.53. The summed E-state index contributed by atoms with van der Waals surface area (Å²) in [6, 6.07) is 16.8. The van der Waals surface area contributed by atoms with E-state index in [9.17, 15) is 13.2 Å². The molecule has 1 aromatic heterocycles. The Bertz CT molecular complexity index is 1130. The van der Waals surface area contributed by atoms with Gasteiger partial charge in [0.1, 0.15) is 0 Å². The normalized spacial score (nSPS) is 11.8. The van der Waals surface area contributed by atoms with E-state index < -0.39 is 22.5 Å². The molecule has 0 aliphatic rings. The third-order valence-electron chi connectivity index (χ3n) is 4.00. The maximum atomic E-state index is 13.2. The molecule has 156 valence electrons. The molecule has 1 N–H and O–H groups in total. The minimum absolute atomic E-state index is 0.0554. The van der Waals surface area contributed by atoms with Gasteiger partial charge >= 0.3 is 0 Å². The Labute approximate surface area is 192 Å². The molecule has 1 amide bonds. The predicted octanol–water partition coefficient (Wildman–Crippen LogP) is 4.51. The summed E-state index contributed by atoms with van der Waals surface area (Å²) in [5.41, 5.74) is 2.97. The van der Waals surface area contributed by atoms with Gasteiger partial charge < -0.3 is 0 Å². The average molecular weight is 527 g/mol. The van der Waals surface area contributed by atoms with Crippen molar-refractivity contribution in [2.45, 2.75) is 11.4 Å². The summed E-state index contributed by atoms with van der Waals surface area (Å²) in [6.45, 7) is -0.467. The number of nitrogens with zero attached hydrogens (tertiary/aromatic N) is 2. The fraction of sp³-hybridized carbons (Fsp3) is 0.100. The van der Waals surface area contributed by atoms with Crippen LogP contribution in [0.1, 0.15) is 10.4 Å². The molecule has 0 spiro atoms. The maximum absolute atomic E-state index is 13.2. The highest BCUT2D eigenvalue weighted by molar-refractivity contribution is 9.10. The van der Waals surface area contributed by atoms with E-state index in [0.29, 0.717) is 10.6 Å². The van der Waals surface area contributed by atoms with Gasteiger partial charge in [-0.15, -0.1) is 11.3 Å². The van der Waals surface area contributed by atoms with Gasteiger partial charge in [0.25, 0.3) is 5.91 Å². The summed E-state index contributed by atoms with van der Waals surface area (Å²) >= 11 is 11.0. The van der Waals surface area contributed by atoms with Crippen LogP contribution in [0, 0.1) is 0 Å². The van der Waals surface area contributed by atoms with E-state index in [-0.39, 0.29) is 11.4 Å². The molecule has 30 heavy (non-hydrogen) atoms. The topological polar surface area (TPSA) is 78.8 Å². The molecule has 0 radical (unpaired) electrons. The van der Waals surface area contributed by atoms with Crippen molar-refractivity contribution in [3.8, 4) is 0 Å². The van der Waals surface area contributed by atoms with Crippen LogP contribution in [0.15, 0.2) is 80.5 Å². The highest BCUT2D eigenvalue weighted by Gasteiger charge is 2.27. The van der Waals surface area contributed by atoms with Gasteiger partial charge in [0.05, 0.1) is 17.7 Å². The molecule has 10 heteroatoms. The highest BCUT2D eigenvalue weighted by Crippen LogP contribution is 2.23. The number of hydrogen-bond donors (Lipinski definition) is 1. The number of benzene rings is 2. The van der Waals surface area contributed by atoms with Crippen LogP contribution in [0.2, 0.25) is 5.02 Å². The number of thiophene rings is 1. The van der Waals surface area contributed by atoms with Gasteiger partial charge in [-0.1, -0.05) is 51.8 Å². The zero-order chi connectivity index (χ0) is 21.6. The molecule has 6 nitrogen and oxygen atoms in total. The minimum Gasteiger partial charge on any atom is -0.272 e. The van der Waals surface area contributed by atoms with Crippen molar-refractivity contribution in [2.75, 3.05) is 6.54 Å². The minimum atomic E-state index is -3.95. The van der Waals surface area contributed by atoms with E-state index in [4.69, 9.17) is 11.6 Å². The first-order chi connectivity index (χ1) is 14.4. The van der Waals surface area contributed by atoms with Crippen molar-refractivity contribution in [3.05, 3.63) is 86.0 Å². The summed E-state index contributed by atoms with van der Waals surface area (Å²) < 4.78 is 28.2. The number of nitrogens with one attached hydrogen (secondary N) is 1. The van der Waals surface area contributed by atoms with Crippen LogP contribution in [0.25, 0.3) is 0 Å². The SMILES string of the molecule is O=C(CN(Cc1ccccc1Cl)S(=O)(=O)c1ccc(Br)cc1)N/N=C/c1cccs1. The summed E-state index contributed by atoms with van der Waals surface area (Å²) in [6.07, 6.45) is 1.50. The third-order valence-corrected chi connectivity index (χ3v) is 7.51. The van der Waals surface area contributed by atoms with Crippen molar-refractivity contribution < 1.29 is 13.2 Å². The molecule has 0 atom stereocenters. The Hall–Kier alpha value is -2.04. The van der Waals surface area contributed by atoms with Crippen LogP contribution < -0.4 is 5.43 Å². The molecule has 3 rings (SSSR count). The number of amides is 1. The lowest BCUT2D eigenvalue weighted by atomic mass is 10.2. The molecule has 0 aliphatic heterocycles. The Morgan fingerprint density at radius 2 is 1.87 bits per heavy atom. The lowest BCUT2D eigenvalue weighted by molar-refractivity contribution is -0.121. The van der Waals surface area contributed by atoms with Crippen molar-refractivity contribution in [2.24, 2.45) is 5.10 Å². The lowest BCUT2D eigenvalue weighted by Gasteiger charge is -2.22. The molecule has 0 aliphatic carbocycles. The number of rotatable bonds is 8. The van der Waals surface area contributed by atoms with Crippen LogP contribution >= 0.6 is 38.9 Å². The van der Waals surface area contributed by atoms with E-state index in [1.165, 1.54) is 29.7 Å². The van der Waals surface area contributed by atoms with E-state index in [1.807, 2.05) is 17.5 Å². The monoisotopic (exact) mass is 525 g/mol. The van der Waals surface area contributed by atoms with E-state index in [1.54, 1.807) is 36.4 Å². The Morgan fingerprint density at radius 1 is 1.13 bits per heavy atom. The number of halogens is 2. The maximum Gasteiger partial charge on any atom is 0.255 e. The van der Waals surface area contributed by atoms with Gasteiger partial charge in [0, 0.05) is 20.9 Å². The van der Waals surface area contributed by atoms with Crippen molar-refractivity contribution in [1.82, 2.24) is 9.73 Å². The van der Waals surface area contributed by atoms with Crippen LogP contribution in [0.5, 0.6) is 0 Å². The Balaban J connectivity index is 1.82. The average Bonchev–Trinajstić information content (AvgIpc) is 3.23. The molecular formula is C20H17BrClN3O3S2. The quantitative estimate of drug-likeness (QED) is 0.347. The number of hydrazone groups is 1. The van der Waals surface area contributed by atoms with E-state index in [2.05, 4.69) is 26.5 Å². The lowest BCUT2D eigenvalue weighted by Crippen LogP contribution is -2.39. The Kier molecular flexibility index (Phi) is 7.79. The molecule has 0 bridgehead atoms. The van der Waals surface area contributed by atoms with E-state index >= 15 is 0 Å². The fourth-order valence-corrected chi connectivity index (χ4v) is 4.95.